The molecule has 0 aromatic rings. The molecule has 2 fully saturated rings. The Kier molecular flexibility index (Phi) is 6.99. The molecule has 4 rings (SSSR count). The van der Waals surface area contributed by atoms with E-state index < -0.39 is 40.6 Å². The van der Waals surface area contributed by atoms with Gasteiger partial charge in [-0.2, -0.15) is 0 Å². The van der Waals surface area contributed by atoms with Gasteiger partial charge in [-0.05, 0) is 92.1 Å². The van der Waals surface area contributed by atoms with Gasteiger partial charge in [-0.15, -0.1) is 0 Å². The van der Waals surface area contributed by atoms with Crippen LogP contribution in [-0.4, -0.2) is 44.4 Å². The fraction of sp³-hybridized carbons (Fsp3) is 0.600. The maximum absolute atomic E-state index is 13.2. The van der Waals surface area contributed by atoms with Crippen LogP contribution in [0.15, 0.2) is 48.6 Å². The molecule has 200 valence electrons. The molecule has 3 N–H and O–H groups in total. The lowest BCUT2D eigenvalue weighted by Crippen LogP contribution is -2.56. The van der Waals surface area contributed by atoms with Crippen LogP contribution in [0.25, 0.3) is 0 Å². The smallest absolute Gasteiger partial charge is 0.331 e. The molecule has 7 heteroatoms. The van der Waals surface area contributed by atoms with E-state index in [4.69, 9.17) is 0 Å². The number of carboxylic acids is 2. The Bertz CT molecular complexity index is 1110. The number of fused-ring (bicyclic) bond motifs is 2. The van der Waals surface area contributed by atoms with Crippen LogP contribution in [0, 0.1) is 40.4 Å². The molecular formula is C30H38O7. The van der Waals surface area contributed by atoms with Crippen molar-refractivity contribution in [2.45, 2.75) is 70.8 Å². The number of carboxylic acid groups (broad SMARTS) is 2. The number of hydrogen-bond acceptors (Lipinski definition) is 5. The maximum Gasteiger partial charge on any atom is 0.331 e. The number of rotatable bonds is 7. The average Bonchev–Trinajstić information content (AvgIpc) is 2.85. The molecule has 4 aliphatic carbocycles. The number of carbonyl (C=O) groups excluding carboxylic acids is 2. The summed E-state index contributed by atoms with van der Waals surface area (Å²) in [5.41, 5.74) is -2.18. The molecule has 8 atom stereocenters. The Morgan fingerprint density at radius 3 is 2.05 bits per heavy atom. The second-order valence-corrected chi connectivity index (χ2v) is 12.3. The van der Waals surface area contributed by atoms with E-state index in [0.29, 0.717) is 38.5 Å². The number of allylic oxidation sites excluding steroid dienone is 3. The second kappa shape index (κ2) is 9.50. The highest BCUT2D eigenvalue weighted by molar-refractivity contribution is 5.98. The molecule has 0 heterocycles. The van der Waals surface area contributed by atoms with Crippen molar-refractivity contribution in [3.8, 4) is 0 Å². The molecule has 0 bridgehead atoms. The minimum absolute atomic E-state index is 0.0602. The number of ketones is 2. The largest absolute Gasteiger partial charge is 0.478 e. The van der Waals surface area contributed by atoms with Gasteiger partial charge in [0.25, 0.3) is 0 Å². The first-order chi connectivity index (χ1) is 17.2. The molecule has 4 aliphatic rings. The van der Waals surface area contributed by atoms with E-state index in [1.54, 1.807) is 6.08 Å². The summed E-state index contributed by atoms with van der Waals surface area (Å²) in [6, 6.07) is 0. The third-order valence-electron chi connectivity index (χ3n) is 10.2. The van der Waals surface area contributed by atoms with Crippen LogP contribution in [0.5, 0.6) is 0 Å². The Morgan fingerprint density at radius 1 is 0.919 bits per heavy atom. The van der Waals surface area contributed by atoms with Gasteiger partial charge in [0.05, 0.1) is 0 Å². The quantitative estimate of drug-likeness (QED) is 0.430. The lowest BCUT2D eigenvalue weighted by Gasteiger charge is -2.52. The van der Waals surface area contributed by atoms with E-state index in [1.165, 1.54) is 6.08 Å². The fourth-order valence-corrected chi connectivity index (χ4v) is 7.64. The summed E-state index contributed by atoms with van der Waals surface area (Å²) in [6.07, 6.45) is 10.8. The number of aliphatic hydroxyl groups is 1. The van der Waals surface area contributed by atoms with Crippen LogP contribution in [0.3, 0.4) is 0 Å². The standard InChI is InChI=1S/C30H38O7/c1-17(26(33)34)19-5-10-28(3)12-8-23(31)21(22(28)15-19)7-14-30(37)24-16-20(18(2)27(35)36)6-11-29(24,4)13-9-25(30)32/h8-9,12-13,19-22,24,37H,1-2,5-7,10-11,14-16H2,3-4H3,(H,33,34)(H,35,36)/t19-,20-,21+,22+,24-,28+,29+,30-/m1/s1. The van der Waals surface area contributed by atoms with Crippen LogP contribution >= 0.6 is 0 Å². The van der Waals surface area contributed by atoms with E-state index in [2.05, 4.69) is 20.1 Å². The SMILES string of the molecule is C=C(C(=O)O)[C@@H]1CC[C@@]2(C)C=CC(=O)[C@@](O)(CC[C@@H]3C(=O)C=C[C@]4(C)CC[C@@H](C(=C)C(=O)O)C[C@@H]34)[C@@H]2C1. The highest BCUT2D eigenvalue weighted by Crippen LogP contribution is 2.56. The van der Waals surface area contributed by atoms with Gasteiger partial charge in [0.1, 0.15) is 5.60 Å². The third kappa shape index (κ3) is 4.67. The van der Waals surface area contributed by atoms with Crippen molar-refractivity contribution in [3.63, 3.8) is 0 Å². The summed E-state index contributed by atoms with van der Waals surface area (Å²) in [6.45, 7) is 11.6. The van der Waals surface area contributed by atoms with Gasteiger partial charge >= 0.3 is 11.9 Å². The molecule has 0 amide bonds. The number of hydrogen-bond donors (Lipinski definition) is 3. The van der Waals surface area contributed by atoms with Crippen molar-refractivity contribution >= 4 is 23.5 Å². The monoisotopic (exact) mass is 510 g/mol. The zero-order valence-electron chi connectivity index (χ0n) is 21.7. The van der Waals surface area contributed by atoms with Crippen LogP contribution in [0.2, 0.25) is 0 Å². The lowest BCUT2D eigenvalue weighted by molar-refractivity contribution is -0.154. The van der Waals surface area contributed by atoms with Crippen molar-refractivity contribution in [2.75, 3.05) is 0 Å². The van der Waals surface area contributed by atoms with Gasteiger partial charge in [0.15, 0.2) is 11.6 Å². The highest BCUT2D eigenvalue weighted by Gasteiger charge is 2.56. The topological polar surface area (TPSA) is 129 Å². The van der Waals surface area contributed by atoms with E-state index >= 15 is 0 Å². The normalized spacial score (nSPS) is 41.0. The van der Waals surface area contributed by atoms with Gasteiger partial charge in [-0.3, -0.25) is 9.59 Å². The van der Waals surface area contributed by atoms with Crippen molar-refractivity contribution in [2.24, 2.45) is 40.4 Å². The third-order valence-corrected chi connectivity index (χ3v) is 10.2. The molecule has 2 saturated carbocycles. The van der Waals surface area contributed by atoms with Gasteiger partial charge in [-0.25, -0.2) is 9.59 Å². The molecule has 0 saturated heterocycles. The minimum atomic E-state index is -1.71. The van der Waals surface area contributed by atoms with Crippen molar-refractivity contribution < 1.29 is 34.5 Å². The van der Waals surface area contributed by atoms with Crippen molar-refractivity contribution in [1.29, 1.82) is 0 Å². The summed E-state index contributed by atoms with van der Waals surface area (Å²) in [7, 11) is 0. The predicted molar refractivity (Wildman–Crippen MR) is 137 cm³/mol. The van der Waals surface area contributed by atoms with Gasteiger partial charge < -0.3 is 15.3 Å². The summed E-state index contributed by atoms with van der Waals surface area (Å²) in [5.74, 6) is -4.15. The van der Waals surface area contributed by atoms with Gasteiger partial charge in [0.2, 0.25) is 0 Å². The molecule has 7 nitrogen and oxygen atoms in total. The molecular weight excluding hydrogens is 472 g/mol. The zero-order chi connectivity index (χ0) is 27.3. The predicted octanol–water partition coefficient (Wildman–Crippen LogP) is 4.52. The van der Waals surface area contributed by atoms with Gasteiger partial charge in [0, 0.05) is 23.0 Å². The molecule has 0 aromatic carbocycles. The lowest BCUT2D eigenvalue weighted by atomic mass is 9.52. The Balaban J connectivity index is 1.59. The molecule has 0 unspecified atom stereocenters. The van der Waals surface area contributed by atoms with Crippen LogP contribution in [0.1, 0.15) is 65.2 Å². The van der Waals surface area contributed by atoms with Crippen LogP contribution in [0.4, 0.5) is 0 Å². The van der Waals surface area contributed by atoms with E-state index in [-0.39, 0.29) is 46.5 Å². The Morgan fingerprint density at radius 2 is 1.46 bits per heavy atom. The Labute approximate surface area is 218 Å². The van der Waals surface area contributed by atoms with E-state index in [0.717, 1.165) is 6.42 Å². The number of carbonyl (C=O) groups is 4. The van der Waals surface area contributed by atoms with E-state index in [9.17, 15) is 34.5 Å². The van der Waals surface area contributed by atoms with Gasteiger partial charge in [-0.1, -0.05) is 39.2 Å². The van der Waals surface area contributed by atoms with Crippen LogP contribution < -0.4 is 0 Å². The van der Waals surface area contributed by atoms with Crippen LogP contribution in [-0.2, 0) is 19.2 Å². The fourth-order valence-electron chi connectivity index (χ4n) is 7.64. The van der Waals surface area contributed by atoms with E-state index in [1.807, 2.05) is 19.1 Å². The molecule has 0 radical (unpaired) electrons. The maximum atomic E-state index is 13.2. The first kappa shape index (κ1) is 27.2. The molecule has 0 aromatic heterocycles. The molecule has 0 spiro atoms. The second-order valence-electron chi connectivity index (χ2n) is 12.3. The zero-order valence-corrected chi connectivity index (χ0v) is 21.7. The van der Waals surface area contributed by atoms with Crippen molar-refractivity contribution in [1.82, 2.24) is 0 Å². The number of aliphatic carboxylic acids is 2. The molecule has 37 heavy (non-hydrogen) atoms. The first-order valence-corrected chi connectivity index (χ1v) is 13.2. The van der Waals surface area contributed by atoms with Crippen molar-refractivity contribution in [3.05, 3.63) is 48.6 Å². The summed E-state index contributed by atoms with van der Waals surface area (Å²) in [4.78, 5) is 49.5. The summed E-state index contributed by atoms with van der Waals surface area (Å²) >= 11 is 0. The Hall–Kier alpha value is -2.80. The highest BCUT2D eigenvalue weighted by atomic mass is 16.4. The summed E-state index contributed by atoms with van der Waals surface area (Å²) < 4.78 is 0. The molecule has 0 aliphatic heterocycles. The first-order valence-electron chi connectivity index (χ1n) is 13.2. The minimum Gasteiger partial charge on any atom is -0.478 e. The summed E-state index contributed by atoms with van der Waals surface area (Å²) in [5, 5.41) is 30.9. The average molecular weight is 511 g/mol.